The number of hydrogen-bond acceptors (Lipinski definition) is 6. The van der Waals surface area contributed by atoms with E-state index in [0.717, 1.165) is 77.6 Å². The quantitative estimate of drug-likeness (QED) is 0.160. The average Bonchev–Trinajstić information content (AvgIpc) is 3.39. The fourth-order valence-corrected chi connectivity index (χ4v) is 11.9. The molecule has 7 aromatic rings. The summed E-state index contributed by atoms with van der Waals surface area (Å²) >= 11 is 0. The molecule has 6 aromatic carbocycles. The maximum atomic E-state index is 7.78. The van der Waals surface area contributed by atoms with Crippen molar-refractivity contribution in [3.05, 3.63) is 129 Å². The van der Waals surface area contributed by atoms with E-state index >= 15 is 0 Å². The van der Waals surface area contributed by atoms with Crippen molar-refractivity contribution in [2.75, 3.05) is 0 Å². The molecule has 0 unspecified atom stereocenters. The molecule has 0 atom stereocenters. The fraction of sp³-hybridized carbons (Fsp3) is 0.485. The molecule has 0 bridgehead atoms. The van der Waals surface area contributed by atoms with E-state index in [2.05, 4.69) is 227 Å². The second kappa shape index (κ2) is 18.4. The minimum absolute atomic E-state index is 0.136. The van der Waals surface area contributed by atoms with Gasteiger partial charge in [-0.25, -0.2) is 0 Å². The molecule has 0 saturated carbocycles. The van der Waals surface area contributed by atoms with Crippen molar-refractivity contribution < 1.29 is 26.5 Å². The monoisotopic (exact) mass is 1040 g/mol. The molecule has 2 heterocycles. The van der Waals surface area contributed by atoms with Crippen LogP contribution in [0.4, 0.5) is 0 Å². The van der Waals surface area contributed by atoms with Crippen LogP contribution in [-0.4, -0.2) is 0 Å². The second-order valence-electron chi connectivity index (χ2n) is 29.2. The molecule has 8 heteroatoms. The maximum absolute atomic E-state index is 7.78. The van der Waals surface area contributed by atoms with Crippen LogP contribution in [0.15, 0.2) is 93.3 Å². The predicted molar refractivity (Wildman–Crippen MR) is 317 cm³/mol. The van der Waals surface area contributed by atoms with Gasteiger partial charge in [-0.2, -0.15) is 0 Å². The van der Waals surface area contributed by atoms with Crippen LogP contribution in [0, 0.1) is 0 Å². The number of benzene rings is 6. The minimum atomic E-state index is -2.18. The third-order valence-corrected chi connectivity index (χ3v) is 16.5. The molecule has 396 valence electrons. The third-order valence-electron chi connectivity index (χ3n) is 14.5. The van der Waals surface area contributed by atoms with E-state index in [1.807, 2.05) is 24.3 Å². The molecule has 8 rings (SSSR count). The van der Waals surface area contributed by atoms with Gasteiger partial charge in [0.2, 0.25) is 0 Å². The first-order valence-electron chi connectivity index (χ1n) is 26.7. The zero-order valence-corrected chi connectivity index (χ0v) is 51.2. The lowest BCUT2D eigenvalue weighted by atomic mass is 9.75. The molecule has 0 spiro atoms. The Morgan fingerprint density at radius 1 is 0.351 bits per heavy atom. The predicted octanol–water partition coefficient (Wildman–Crippen LogP) is 21.4. The maximum Gasteiger partial charge on any atom is 0.530 e. The third kappa shape index (κ3) is 11.0. The second-order valence-corrected chi connectivity index (χ2v) is 31.2. The van der Waals surface area contributed by atoms with Crippen molar-refractivity contribution >= 4 is 49.6 Å². The van der Waals surface area contributed by atoms with E-state index in [4.69, 9.17) is 26.5 Å². The van der Waals surface area contributed by atoms with Gasteiger partial charge in [0, 0.05) is 44.2 Å². The fourth-order valence-electron chi connectivity index (χ4n) is 9.67. The van der Waals surface area contributed by atoms with E-state index in [9.17, 15) is 0 Å². The van der Waals surface area contributed by atoms with Crippen molar-refractivity contribution in [3.8, 4) is 34.1 Å². The Kier molecular flexibility index (Phi) is 13.8. The van der Waals surface area contributed by atoms with Crippen molar-refractivity contribution in [1.82, 2.24) is 0 Å². The van der Waals surface area contributed by atoms with Gasteiger partial charge in [0.05, 0.1) is 5.39 Å². The Morgan fingerprint density at radius 2 is 0.676 bits per heavy atom. The topological polar surface area (TPSA) is 63.2 Å². The van der Waals surface area contributed by atoms with Crippen LogP contribution in [0.2, 0.25) is 0 Å². The van der Waals surface area contributed by atoms with Gasteiger partial charge in [-0.15, -0.1) is 0 Å². The lowest BCUT2D eigenvalue weighted by molar-refractivity contribution is 0.376. The first-order valence-corrected chi connectivity index (χ1v) is 28.9. The summed E-state index contributed by atoms with van der Waals surface area (Å²) in [7, 11) is -4.13. The molecule has 0 saturated heterocycles. The lowest BCUT2D eigenvalue weighted by Gasteiger charge is -2.33. The van der Waals surface area contributed by atoms with Gasteiger partial charge in [0.1, 0.15) is 34.2 Å². The van der Waals surface area contributed by atoms with Crippen LogP contribution < -0.4 is 18.1 Å². The first kappa shape index (κ1) is 55.3. The summed E-state index contributed by atoms with van der Waals surface area (Å²) in [5.41, 5.74) is 10.4. The molecular formula is C66H86O6P2. The summed E-state index contributed by atoms with van der Waals surface area (Å²) < 4.78 is 43.7. The molecule has 1 aliphatic heterocycles. The van der Waals surface area contributed by atoms with Crippen molar-refractivity contribution in [2.24, 2.45) is 0 Å². The molecule has 0 N–H and O–H groups in total. The molecule has 1 aromatic heterocycles. The van der Waals surface area contributed by atoms with Crippen LogP contribution in [-0.2, 0) is 43.3 Å². The highest BCUT2D eigenvalue weighted by atomic mass is 31.2. The Labute approximate surface area is 447 Å². The molecule has 1 aliphatic rings. The number of hydrogen-bond donors (Lipinski definition) is 0. The van der Waals surface area contributed by atoms with E-state index in [-0.39, 0.29) is 37.9 Å². The summed E-state index contributed by atoms with van der Waals surface area (Å²) in [6, 6.07) is 30.9. The minimum Gasteiger partial charge on any atom is -0.408 e. The summed E-state index contributed by atoms with van der Waals surface area (Å²) in [5.74, 6) is 2.88. The van der Waals surface area contributed by atoms with Gasteiger partial charge < -0.3 is 26.5 Å². The first-order chi connectivity index (χ1) is 33.7. The lowest BCUT2D eigenvalue weighted by Crippen LogP contribution is -2.20. The van der Waals surface area contributed by atoms with Crippen molar-refractivity contribution in [3.63, 3.8) is 0 Å². The van der Waals surface area contributed by atoms with Crippen LogP contribution in [0.5, 0.6) is 23.0 Å². The summed E-state index contributed by atoms with van der Waals surface area (Å²) in [5, 5.41) is 4.05. The standard InChI is InChI=1S/C66H86O6P2/c1-59(2,3)40-31-44(55(48(35-40)63(13,14)15)69-73-67-52-29-25-27-39-28-26-30-53(68-73)54(39)52)45-32-41(60(4,5)6)36-49(64(16,17)18)56(45)70-74-71-57-46(33-42(61(7,8)9)37-50(57)65(19,20)21)47-34-43(62(10,11)12)38-51(58(47)72-74)66(22,23)24/h25-38H,1-24H3. The average molecular weight is 1040 g/mol. The zero-order chi connectivity index (χ0) is 54.8. The highest BCUT2D eigenvalue weighted by Crippen LogP contribution is 2.58. The zero-order valence-electron chi connectivity index (χ0n) is 49.4. The van der Waals surface area contributed by atoms with Crippen LogP contribution in [0.3, 0.4) is 0 Å². The Morgan fingerprint density at radius 3 is 1.01 bits per heavy atom. The van der Waals surface area contributed by atoms with E-state index in [0.29, 0.717) is 11.5 Å². The summed E-state index contributed by atoms with van der Waals surface area (Å²) in [4.78, 5) is 0. The number of rotatable bonds is 5. The smallest absolute Gasteiger partial charge is 0.408 e. The molecule has 0 fully saturated rings. The molecule has 74 heavy (non-hydrogen) atoms. The normalized spacial score (nSPS) is 14.4. The molecule has 0 radical (unpaired) electrons. The molecule has 0 amide bonds. The van der Waals surface area contributed by atoms with Gasteiger partial charge in [-0.3, -0.25) is 0 Å². The number of fused-ring (bicyclic) bond motifs is 3. The van der Waals surface area contributed by atoms with Gasteiger partial charge in [0.15, 0.2) is 0 Å². The van der Waals surface area contributed by atoms with Gasteiger partial charge >= 0.3 is 16.8 Å². The van der Waals surface area contributed by atoms with Gasteiger partial charge in [-0.1, -0.05) is 215 Å². The SMILES string of the molecule is CC(C)(C)c1cc(-c2cc(C(C)(C)C)cc(C(C)(C)C)c2Op2oc3c(C(C)(C)C)cc(C(C)(C)C)cc3c3cc(C(C)(C)C)cc(C(C)(C)C)c3o2)c(OP2Oc3cccc4cccc(c34)O2)c(C(C)(C)C)c1. The van der Waals surface area contributed by atoms with Crippen molar-refractivity contribution in [2.45, 2.75) is 209 Å². The van der Waals surface area contributed by atoms with Crippen molar-refractivity contribution in [1.29, 1.82) is 0 Å². The van der Waals surface area contributed by atoms with E-state index in [1.54, 1.807) is 0 Å². The molecule has 6 nitrogen and oxygen atoms in total. The van der Waals surface area contributed by atoms with Crippen LogP contribution in [0.25, 0.3) is 43.8 Å². The largest absolute Gasteiger partial charge is 0.530 e. The summed E-state index contributed by atoms with van der Waals surface area (Å²) in [6.45, 7) is 54.6. The Hall–Kier alpha value is -4.89. The highest BCUT2D eigenvalue weighted by Gasteiger charge is 2.37. The van der Waals surface area contributed by atoms with E-state index in [1.165, 1.54) is 22.3 Å². The van der Waals surface area contributed by atoms with Crippen LogP contribution in [0.1, 0.15) is 211 Å². The molecular weight excluding hydrogens is 951 g/mol. The summed E-state index contributed by atoms with van der Waals surface area (Å²) in [6.07, 6.45) is 0. The van der Waals surface area contributed by atoms with Gasteiger partial charge in [-0.05, 0) is 107 Å². The van der Waals surface area contributed by atoms with E-state index < -0.39 is 22.3 Å². The highest BCUT2D eigenvalue weighted by molar-refractivity contribution is 7.43. The van der Waals surface area contributed by atoms with Gasteiger partial charge in [0.25, 0.3) is 0 Å². The van der Waals surface area contributed by atoms with Crippen LogP contribution >= 0.6 is 16.8 Å². The Bertz CT molecular complexity index is 3220. The Balaban J connectivity index is 1.53. The molecule has 0 aliphatic carbocycles.